The van der Waals surface area contributed by atoms with Crippen LogP contribution in [0.3, 0.4) is 0 Å². The zero-order chi connectivity index (χ0) is 13.0. The number of rotatable bonds is 3. The van der Waals surface area contributed by atoms with E-state index in [1.165, 1.54) is 0 Å². The van der Waals surface area contributed by atoms with Crippen LogP contribution in [0.2, 0.25) is 5.02 Å². The molecule has 0 saturated carbocycles. The standard InChI is InChI=1S/C15H12ClNO/c16-14-9-5-4-8-13(14)15(18,10-11-17)12-6-2-1-3-7-12/h1-9,18H,10H2/t15-/m0/s1. The Morgan fingerprint density at radius 1 is 1.06 bits per heavy atom. The Morgan fingerprint density at radius 3 is 2.28 bits per heavy atom. The largest absolute Gasteiger partial charge is 0.379 e. The third-order valence-electron chi connectivity index (χ3n) is 2.91. The first-order valence-corrected chi connectivity index (χ1v) is 5.96. The van der Waals surface area contributed by atoms with Gasteiger partial charge in [0.1, 0.15) is 5.60 Å². The highest BCUT2D eigenvalue weighted by atomic mass is 35.5. The number of nitriles is 1. The van der Waals surface area contributed by atoms with Crippen LogP contribution < -0.4 is 0 Å². The van der Waals surface area contributed by atoms with Gasteiger partial charge in [0.2, 0.25) is 0 Å². The molecule has 0 spiro atoms. The van der Waals surface area contributed by atoms with Crippen LogP contribution in [-0.2, 0) is 5.60 Å². The molecule has 0 fully saturated rings. The van der Waals surface area contributed by atoms with E-state index in [9.17, 15) is 5.11 Å². The van der Waals surface area contributed by atoms with Gasteiger partial charge in [-0.1, -0.05) is 60.1 Å². The molecule has 0 aromatic heterocycles. The average Bonchev–Trinajstić information content (AvgIpc) is 2.40. The van der Waals surface area contributed by atoms with E-state index in [1.807, 2.05) is 24.3 Å². The monoisotopic (exact) mass is 257 g/mol. The fourth-order valence-corrected chi connectivity index (χ4v) is 2.27. The first-order chi connectivity index (χ1) is 8.68. The van der Waals surface area contributed by atoms with E-state index in [-0.39, 0.29) is 6.42 Å². The number of hydrogen-bond acceptors (Lipinski definition) is 2. The Morgan fingerprint density at radius 2 is 1.67 bits per heavy atom. The quantitative estimate of drug-likeness (QED) is 0.915. The number of benzene rings is 2. The summed E-state index contributed by atoms with van der Waals surface area (Å²) < 4.78 is 0. The highest BCUT2D eigenvalue weighted by Crippen LogP contribution is 2.36. The molecule has 1 atom stereocenters. The lowest BCUT2D eigenvalue weighted by molar-refractivity contribution is 0.0861. The van der Waals surface area contributed by atoms with E-state index in [2.05, 4.69) is 0 Å². The molecule has 0 aliphatic carbocycles. The molecule has 2 aromatic carbocycles. The molecule has 3 heteroatoms. The topological polar surface area (TPSA) is 44.0 Å². The van der Waals surface area contributed by atoms with E-state index in [1.54, 1.807) is 36.4 Å². The lowest BCUT2D eigenvalue weighted by Crippen LogP contribution is -2.27. The van der Waals surface area contributed by atoms with Gasteiger partial charge in [0.25, 0.3) is 0 Å². The minimum absolute atomic E-state index is 0.0409. The maximum atomic E-state index is 10.8. The van der Waals surface area contributed by atoms with Gasteiger partial charge < -0.3 is 5.11 Å². The van der Waals surface area contributed by atoms with Gasteiger partial charge in [-0.25, -0.2) is 0 Å². The molecule has 0 bridgehead atoms. The normalized spacial score (nSPS) is 13.6. The molecule has 90 valence electrons. The minimum Gasteiger partial charge on any atom is -0.379 e. The van der Waals surface area contributed by atoms with E-state index in [0.717, 1.165) is 0 Å². The van der Waals surface area contributed by atoms with Gasteiger partial charge in [0, 0.05) is 10.6 Å². The Kier molecular flexibility index (Phi) is 3.66. The van der Waals surface area contributed by atoms with Crippen LogP contribution in [0.1, 0.15) is 17.5 Å². The SMILES string of the molecule is N#CC[C@](O)(c1ccccc1)c1ccccc1Cl. The fraction of sp³-hybridized carbons (Fsp3) is 0.133. The Labute approximate surface area is 111 Å². The Hall–Kier alpha value is -1.82. The maximum absolute atomic E-state index is 10.8. The van der Waals surface area contributed by atoms with E-state index in [0.29, 0.717) is 16.1 Å². The smallest absolute Gasteiger partial charge is 0.129 e. The average molecular weight is 258 g/mol. The number of hydrogen-bond donors (Lipinski definition) is 1. The summed E-state index contributed by atoms with van der Waals surface area (Å²) in [5, 5.41) is 20.2. The molecule has 2 aromatic rings. The van der Waals surface area contributed by atoms with Crippen LogP contribution in [0.4, 0.5) is 0 Å². The van der Waals surface area contributed by atoms with Crippen LogP contribution in [0.25, 0.3) is 0 Å². The molecule has 0 aliphatic heterocycles. The van der Waals surface area contributed by atoms with Gasteiger partial charge in [0.15, 0.2) is 0 Å². The maximum Gasteiger partial charge on any atom is 0.129 e. The first kappa shape index (κ1) is 12.6. The van der Waals surface area contributed by atoms with Gasteiger partial charge in [-0.3, -0.25) is 0 Å². The Bertz CT molecular complexity index is 577. The number of halogens is 1. The molecule has 1 N–H and O–H groups in total. The van der Waals surface area contributed by atoms with Crippen molar-refractivity contribution >= 4 is 11.6 Å². The van der Waals surface area contributed by atoms with Gasteiger partial charge in [0.05, 0.1) is 12.5 Å². The number of nitrogens with zero attached hydrogens (tertiary/aromatic N) is 1. The van der Waals surface area contributed by atoms with Crippen molar-refractivity contribution in [2.75, 3.05) is 0 Å². The van der Waals surface area contributed by atoms with Crippen LogP contribution >= 0.6 is 11.6 Å². The molecular formula is C15H12ClNO. The molecule has 0 heterocycles. The zero-order valence-corrected chi connectivity index (χ0v) is 10.4. The predicted octanol–water partition coefficient (Wildman–Crippen LogP) is 3.49. The fourth-order valence-electron chi connectivity index (χ4n) is 1.98. The molecule has 0 aliphatic rings. The second-order valence-corrected chi connectivity index (χ2v) is 4.45. The molecular weight excluding hydrogens is 246 g/mol. The summed E-state index contributed by atoms with van der Waals surface area (Å²) in [6.45, 7) is 0. The van der Waals surface area contributed by atoms with Crippen molar-refractivity contribution in [3.63, 3.8) is 0 Å². The van der Waals surface area contributed by atoms with Gasteiger partial charge in [-0.2, -0.15) is 5.26 Å². The zero-order valence-electron chi connectivity index (χ0n) is 9.68. The minimum atomic E-state index is -1.37. The van der Waals surface area contributed by atoms with Crippen LogP contribution in [0.15, 0.2) is 54.6 Å². The molecule has 2 rings (SSSR count). The summed E-state index contributed by atoms with van der Waals surface area (Å²) in [7, 11) is 0. The lowest BCUT2D eigenvalue weighted by Gasteiger charge is -2.27. The highest BCUT2D eigenvalue weighted by Gasteiger charge is 2.33. The van der Waals surface area contributed by atoms with Crippen molar-refractivity contribution in [3.8, 4) is 6.07 Å². The summed E-state index contributed by atoms with van der Waals surface area (Å²) in [6.07, 6.45) is -0.0409. The Balaban J connectivity index is 2.59. The summed E-state index contributed by atoms with van der Waals surface area (Å²) in [5.41, 5.74) is -0.145. The summed E-state index contributed by atoms with van der Waals surface area (Å²) in [6, 6.07) is 18.2. The van der Waals surface area contributed by atoms with Crippen molar-refractivity contribution in [1.29, 1.82) is 5.26 Å². The second kappa shape index (κ2) is 5.22. The van der Waals surface area contributed by atoms with Crippen molar-refractivity contribution in [2.45, 2.75) is 12.0 Å². The van der Waals surface area contributed by atoms with E-state index in [4.69, 9.17) is 16.9 Å². The molecule has 0 unspecified atom stereocenters. The first-order valence-electron chi connectivity index (χ1n) is 5.58. The van der Waals surface area contributed by atoms with Gasteiger partial charge >= 0.3 is 0 Å². The number of aliphatic hydroxyl groups is 1. The third kappa shape index (κ3) is 2.24. The molecule has 0 radical (unpaired) electrons. The van der Waals surface area contributed by atoms with E-state index < -0.39 is 5.60 Å². The summed E-state index contributed by atoms with van der Waals surface area (Å²) in [5.74, 6) is 0. The van der Waals surface area contributed by atoms with Crippen LogP contribution in [0, 0.1) is 11.3 Å². The highest BCUT2D eigenvalue weighted by molar-refractivity contribution is 6.31. The van der Waals surface area contributed by atoms with E-state index >= 15 is 0 Å². The molecule has 0 saturated heterocycles. The summed E-state index contributed by atoms with van der Waals surface area (Å²) in [4.78, 5) is 0. The lowest BCUT2D eigenvalue weighted by atomic mass is 9.84. The van der Waals surface area contributed by atoms with Crippen LogP contribution in [0.5, 0.6) is 0 Å². The van der Waals surface area contributed by atoms with Crippen molar-refractivity contribution in [2.24, 2.45) is 0 Å². The molecule has 0 amide bonds. The molecule has 18 heavy (non-hydrogen) atoms. The van der Waals surface area contributed by atoms with Gasteiger partial charge in [-0.05, 0) is 11.6 Å². The van der Waals surface area contributed by atoms with Crippen molar-refractivity contribution in [1.82, 2.24) is 0 Å². The third-order valence-corrected chi connectivity index (χ3v) is 3.24. The van der Waals surface area contributed by atoms with Gasteiger partial charge in [-0.15, -0.1) is 0 Å². The summed E-state index contributed by atoms with van der Waals surface area (Å²) >= 11 is 6.12. The predicted molar refractivity (Wildman–Crippen MR) is 71.1 cm³/mol. The molecule has 2 nitrogen and oxygen atoms in total. The van der Waals surface area contributed by atoms with Crippen molar-refractivity contribution < 1.29 is 5.11 Å². The second-order valence-electron chi connectivity index (χ2n) is 4.04. The van der Waals surface area contributed by atoms with Crippen molar-refractivity contribution in [3.05, 3.63) is 70.7 Å². The van der Waals surface area contributed by atoms with Crippen LogP contribution in [-0.4, -0.2) is 5.11 Å².